The fraction of sp³-hybridized carbons (Fsp3) is 0.538. The summed E-state index contributed by atoms with van der Waals surface area (Å²) < 4.78 is 12.3. The van der Waals surface area contributed by atoms with E-state index in [-0.39, 0.29) is 24.5 Å². The maximum absolute atomic E-state index is 11.7. The van der Waals surface area contributed by atoms with Crippen LogP contribution in [0.15, 0.2) is 28.1 Å². The summed E-state index contributed by atoms with van der Waals surface area (Å²) in [5, 5.41) is 29.2. The van der Waals surface area contributed by atoms with Crippen LogP contribution in [0, 0.1) is 11.8 Å². The van der Waals surface area contributed by atoms with E-state index >= 15 is 0 Å². The van der Waals surface area contributed by atoms with Gasteiger partial charge in [-0.15, -0.1) is 11.3 Å². The first-order valence-electron chi connectivity index (χ1n) is 12.3. The van der Waals surface area contributed by atoms with E-state index in [0.29, 0.717) is 40.2 Å². The van der Waals surface area contributed by atoms with E-state index in [1.54, 1.807) is 0 Å². The number of rotatable bonds is 8. The Morgan fingerprint density at radius 1 is 1.11 bits per heavy atom. The Morgan fingerprint density at radius 3 is 2.49 bits per heavy atom. The van der Waals surface area contributed by atoms with Gasteiger partial charge in [-0.25, -0.2) is 4.98 Å². The molecule has 2 N–H and O–H groups in total. The fourth-order valence-corrected chi connectivity index (χ4v) is 7.64. The van der Waals surface area contributed by atoms with Crippen molar-refractivity contribution in [3.8, 4) is 11.3 Å². The van der Waals surface area contributed by atoms with E-state index < -0.39 is 5.60 Å². The highest BCUT2D eigenvalue weighted by Crippen LogP contribution is 2.56. The van der Waals surface area contributed by atoms with Crippen molar-refractivity contribution in [1.82, 2.24) is 10.1 Å². The number of hydrogen-bond acceptors (Lipinski definition) is 7. The van der Waals surface area contributed by atoms with Crippen LogP contribution in [0.2, 0.25) is 10.0 Å². The van der Waals surface area contributed by atoms with Gasteiger partial charge in [0.05, 0.1) is 28.5 Å². The molecule has 2 bridgehead atoms. The lowest BCUT2D eigenvalue weighted by atomic mass is 9.73. The van der Waals surface area contributed by atoms with Crippen molar-refractivity contribution in [3.05, 3.63) is 55.6 Å². The second-order valence-electron chi connectivity index (χ2n) is 10.1. The number of aliphatic hydroxyl groups is 2. The molecule has 0 amide bonds. The van der Waals surface area contributed by atoms with Gasteiger partial charge in [0.15, 0.2) is 0 Å². The molecule has 186 valence electrons. The first-order chi connectivity index (χ1) is 17.0. The van der Waals surface area contributed by atoms with Gasteiger partial charge in [0.25, 0.3) is 0 Å². The molecule has 0 radical (unpaired) electrons. The third-order valence-electron chi connectivity index (χ3n) is 7.90. The van der Waals surface area contributed by atoms with E-state index in [1.165, 1.54) is 11.3 Å². The molecule has 2 heterocycles. The molecule has 6 nitrogen and oxygen atoms in total. The predicted octanol–water partition coefficient (Wildman–Crippen LogP) is 6.11. The largest absolute Gasteiger partial charge is 0.396 e. The number of aliphatic hydroxyl groups excluding tert-OH is 1. The molecule has 3 saturated carbocycles. The lowest BCUT2D eigenvalue weighted by Crippen LogP contribution is -2.44. The molecule has 4 atom stereocenters. The van der Waals surface area contributed by atoms with Gasteiger partial charge in [-0.05, 0) is 62.5 Å². The van der Waals surface area contributed by atoms with Gasteiger partial charge in [0.1, 0.15) is 22.1 Å². The number of ether oxygens (including phenoxy) is 1. The summed E-state index contributed by atoms with van der Waals surface area (Å²) in [6.45, 7) is 0.449. The van der Waals surface area contributed by atoms with Gasteiger partial charge in [-0.1, -0.05) is 34.4 Å². The lowest BCUT2D eigenvalue weighted by Gasteiger charge is -2.41. The van der Waals surface area contributed by atoms with Gasteiger partial charge < -0.3 is 19.5 Å². The normalized spacial score (nSPS) is 28.1. The highest BCUT2D eigenvalue weighted by atomic mass is 35.5. The van der Waals surface area contributed by atoms with Crippen molar-refractivity contribution in [2.45, 2.75) is 69.2 Å². The van der Waals surface area contributed by atoms with Gasteiger partial charge in [0.2, 0.25) is 0 Å². The zero-order valence-corrected chi connectivity index (χ0v) is 21.6. The molecule has 2 aromatic heterocycles. The number of fused-ring (bicyclic) bond motifs is 2. The Kier molecular flexibility index (Phi) is 6.44. The van der Waals surface area contributed by atoms with E-state index in [9.17, 15) is 10.2 Å². The topological polar surface area (TPSA) is 88.6 Å². The number of benzene rings is 1. The Hall–Kier alpha value is -1.48. The molecule has 0 unspecified atom stereocenters. The maximum Gasteiger partial charge on any atom is 0.145 e. The van der Waals surface area contributed by atoms with Crippen LogP contribution in [0.4, 0.5) is 0 Å². The summed E-state index contributed by atoms with van der Waals surface area (Å²) in [5.41, 5.74) is 2.24. The molecule has 3 aliphatic rings. The molecular weight excluding hydrogens is 507 g/mol. The quantitative estimate of drug-likeness (QED) is 0.362. The van der Waals surface area contributed by atoms with Crippen LogP contribution in [0.25, 0.3) is 11.3 Å². The minimum atomic E-state index is -0.898. The molecule has 6 rings (SSSR count). The van der Waals surface area contributed by atoms with Gasteiger partial charge in [-0.2, -0.15) is 0 Å². The number of halogens is 2. The molecule has 0 spiro atoms. The second-order valence-corrected chi connectivity index (χ2v) is 11.7. The van der Waals surface area contributed by atoms with Crippen LogP contribution in [-0.2, 0) is 23.4 Å². The van der Waals surface area contributed by atoms with Crippen molar-refractivity contribution in [2.75, 3.05) is 6.61 Å². The highest BCUT2D eigenvalue weighted by Gasteiger charge is 2.56. The molecule has 1 aromatic carbocycles. The minimum Gasteiger partial charge on any atom is -0.396 e. The van der Waals surface area contributed by atoms with Crippen LogP contribution < -0.4 is 0 Å². The molecule has 3 aromatic rings. The standard InChI is InChI=1S/C26H28Cl2N2O4S/c27-20-2-1-3-21(28)22(20)23-19(24(34-30-23)14-4-5-14)12-33-18-10-15-6-7-16(11-18)26(15,32)25-29-17(8-9-31)13-35-25/h1-3,13-16,18,31-32H,4-12H2/t15-,16+,18+,26+. The minimum absolute atomic E-state index is 0.0427. The average Bonchev–Trinajstić information content (AvgIpc) is 3.39. The Bertz CT molecular complexity index is 1190. The summed E-state index contributed by atoms with van der Waals surface area (Å²) in [7, 11) is 0. The average molecular weight is 535 g/mol. The van der Waals surface area contributed by atoms with Gasteiger partial charge >= 0.3 is 0 Å². The summed E-state index contributed by atoms with van der Waals surface area (Å²) in [4.78, 5) is 4.67. The van der Waals surface area contributed by atoms with Crippen molar-refractivity contribution >= 4 is 34.5 Å². The van der Waals surface area contributed by atoms with Crippen LogP contribution >= 0.6 is 34.5 Å². The van der Waals surface area contributed by atoms with Crippen molar-refractivity contribution in [2.24, 2.45) is 11.8 Å². The summed E-state index contributed by atoms with van der Waals surface area (Å²) in [6.07, 6.45) is 6.25. The number of aromatic nitrogens is 2. The number of hydrogen-bond donors (Lipinski definition) is 2. The van der Waals surface area contributed by atoms with Crippen molar-refractivity contribution in [1.29, 1.82) is 0 Å². The Balaban J connectivity index is 1.21. The van der Waals surface area contributed by atoms with Crippen LogP contribution in [0.3, 0.4) is 0 Å². The van der Waals surface area contributed by atoms with Crippen LogP contribution in [0.1, 0.15) is 66.5 Å². The van der Waals surface area contributed by atoms with E-state index in [4.69, 9.17) is 32.5 Å². The van der Waals surface area contributed by atoms with Crippen molar-refractivity contribution in [3.63, 3.8) is 0 Å². The van der Waals surface area contributed by atoms with Crippen LogP contribution in [0.5, 0.6) is 0 Å². The Morgan fingerprint density at radius 2 is 1.83 bits per heavy atom. The van der Waals surface area contributed by atoms with E-state index in [1.807, 2.05) is 23.6 Å². The fourth-order valence-electron chi connectivity index (χ4n) is 5.96. The first kappa shape index (κ1) is 23.9. The monoisotopic (exact) mass is 534 g/mol. The molecule has 35 heavy (non-hydrogen) atoms. The van der Waals surface area contributed by atoms with Crippen molar-refractivity contribution < 1.29 is 19.5 Å². The van der Waals surface area contributed by atoms with Gasteiger partial charge in [-0.3, -0.25) is 0 Å². The summed E-state index contributed by atoms with van der Waals surface area (Å²) in [6, 6.07) is 5.44. The molecule has 0 saturated heterocycles. The molecule has 9 heteroatoms. The van der Waals surface area contributed by atoms with Gasteiger partial charge in [0, 0.05) is 35.5 Å². The molecule has 3 aliphatic carbocycles. The zero-order valence-electron chi connectivity index (χ0n) is 19.3. The molecule has 3 fully saturated rings. The smallest absolute Gasteiger partial charge is 0.145 e. The second kappa shape index (κ2) is 9.43. The maximum atomic E-state index is 11.7. The van der Waals surface area contributed by atoms with Crippen LogP contribution in [-0.4, -0.2) is 33.1 Å². The predicted molar refractivity (Wildman–Crippen MR) is 135 cm³/mol. The molecule has 0 aliphatic heterocycles. The third kappa shape index (κ3) is 4.24. The first-order valence-corrected chi connectivity index (χ1v) is 13.9. The lowest BCUT2D eigenvalue weighted by molar-refractivity contribution is -0.116. The van der Waals surface area contributed by atoms with E-state index in [0.717, 1.165) is 60.6 Å². The summed E-state index contributed by atoms with van der Waals surface area (Å²) in [5.74, 6) is 1.48. The number of nitrogens with zero attached hydrogens (tertiary/aromatic N) is 2. The third-order valence-corrected chi connectivity index (χ3v) is 9.56. The summed E-state index contributed by atoms with van der Waals surface area (Å²) >= 11 is 14.5. The number of thiazole rings is 1. The Labute approximate surface area is 218 Å². The zero-order chi connectivity index (χ0) is 24.2. The SMILES string of the molecule is OCCc1csc([C@]2(O)[C@@H]3CC[C@H]2C[C@@H](OCc2c(-c4c(Cl)cccc4Cl)noc2C2CC2)C3)n1. The molecular formula is C26H28Cl2N2O4S. The highest BCUT2D eigenvalue weighted by molar-refractivity contribution is 7.09. The van der Waals surface area contributed by atoms with E-state index in [2.05, 4.69) is 10.1 Å².